The quantitative estimate of drug-likeness (QED) is 0.669. The molecule has 18 heavy (non-hydrogen) atoms. The molecule has 98 valence electrons. The Morgan fingerprint density at radius 3 is 2.67 bits per heavy atom. The van der Waals surface area contributed by atoms with Gasteiger partial charge in [0, 0.05) is 16.2 Å². The minimum atomic E-state index is -0.444. The summed E-state index contributed by atoms with van der Waals surface area (Å²) in [5, 5.41) is 20.6. The Labute approximate surface area is 111 Å². The van der Waals surface area contributed by atoms with Crippen molar-refractivity contribution in [1.29, 1.82) is 0 Å². The SMILES string of the molecule is O=[N+]([O-])c1ccc(SC2CCCCC2)cc1CO. The normalized spacial score (nSPS) is 16.7. The van der Waals surface area contributed by atoms with Crippen LogP contribution in [0.15, 0.2) is 23.1 Å². The molecule has 1 aromatic carbocycles. The maximum atomic E-state index is 10.8. The van der Waals surface area contributed by atoms with Crippen molar-refractivity contribution < 1.29 is 10.0 Å². The van der Waals surface area contributed by atoms with Gasteiger partial charge in [0.25, 0.3) is 5.69 Å². The number of rotatable bonds is 4. The van der Waals surface area contributed by atoms with Crippen molar-refractivity contribution in [3.8, 4) is 0 Å². The van der Waals surface area contributed by atoms with Gasteiger partial charge in [-0.3, -0.25) is 10.1 Å². The van der Waals surface area contributed by atoms with Crippen LogP contribution in [-0.2, 0) is 6.61 Å². The molecule has 0 bridgehead atoms. The number of hydrogen-bond donors (Lipinski definition) is 1. The second-order valence-corrected chi connectivity index (χ2v) is 5.96. The number of aliphatic hydroxyl groups excluding tert-OH is 1. The highest BCUT2D eigenvalue weighted by Gasteiger charge is 2.17. The van der Waals surface area contributed by atoms with Crippen LogP contribution in [0.4, 0.5) is 5.69 Å². The van der Waals surface area contributed by atoms with Crippen molar-refractivity contribution >= 4 is 17.4 Å². The third-order valence-electron chi connectivity index (χ3n) is 3.27. The van der Waals surface area contributed by atoms with Crippen LogP contribution in [0, 0.1) is 10.1 Å². The molecule has 1 aliphatic carbocycles. The lowest BCUT2D eigenvalue weighted by molar-refractivity contribution is -0.385. The molecule has 1 saturated carbocycles. The van der Waals surface area contributed by atoms with Gasteiger partial charge in [-0.2, -0.15) is 0 Å². The van der Waals surface area contributed by atoms with Gasteiger partial charge in [0.05, 0.1) is 17.1 Å². The Balaban J connectivity index is 2.11. The fourth-order valence-corrected chi connectivity index (χ4v) is 3.63. The second-order valence-electron chi connectivity index (χ2n) is 4.58. The van der Waals surface area contributed by atoms with E-state index < -0.39 is 4.92 Å². The van der Waals surface area contributed by atoms with Crippen LogP contribution in [0.5, 0.6) is 0 Å². The Bertz CT molecular complexity index is 430. The van der Waals surface area contributed by atoms with Gasteiger partial charge in [-0.1, -0.05) is 19.3 Å². The first kappa shape index (κ1) is 13.4. The standard InChI is InChI=1S/C13H17NO3S/c15-9-10-8-12(6-7-13(10)14(16)17)18-11-4-2-1-3-5-11/h6-8,11,15H,1-5,9H2. The molecule has 1 N–H and O–H groups in total. The van der Waals surface area contributed by atoms with Gasteiger partial charge in [-0.05, 0) is 25.0 Å². The predicted octanol–water partition coefficient (Wildman–Crippen LogP) is 3.51. The number of aliphatic hydroxyl groups is 1. The average molecular weight is 267 g/mol. The van der Waals surface area contributed by atoms with Crippen LogP contribution >= 0.6 is 11.8 Å². The van der Waals surface area contributed by atoms with E-state index in [1.165, 1.54) is 38.2 Å². The fraction of sp³-hybridized carbons (Fsp3) is 0.538. The molecule has 0 saturated heterocycles. The molecule has 0 unspecified atom stereocenters. The fourth-order valence-electron chi connectivity index (χ4n) is 2.32. The Morgan fingerprint density at radius 1 is 1.33 bits per heavy atom. The van der Waals surface area contributed by atoms with E-state index in [1.54, 1.807) is 23.9 Å². The second kappa shape index (κ2) is 6.20. The zero-order valence-corrected chi connectivity index (χ0v) is 11.0. The van der Waals surface area contributed by atoms with Crippen LogP contribution in [0.3, 0.4) is 0 Å². The van der Waals surface area contributed by atoms with Crippen LogP contribution in [0.1, 0.15) is 37.7 Å². The largest absolute Gasteiger partial charge is 0.391 e. The molecule has 5 heteroatoms. The van der Waals surface area contributed by atoms with Crippen molar-refractivity contribution in [3.63, 3.8) is 0 Å². The monoisotopic (exact) mass is 267 g/mol. The third-order valence-corrected chi connectivity index (χ3v) is 4.60. The van der Waals surface area contributed by atoms with E-state index in [0.29, 0.717) is 10.8 Å². The van der Waals surface area contributed by atoms with Crippen molar-refractivity contribution in [2.24, 2.45) is 0 Å². The van der Waals surface area contributed by atoms with E-state index in [-0.39, 0.29) is 12.3 Å². The number of nitro benzene ring substituents is 1. The lowest BCUT2D eigenvalue weighted by atomic mass is 10.0. The number of nitrogens with zero attached hydrogens (tertiary/aromatic N) is 1. The Kier molecular flexibility index (Phi) is 4.60. The summed E-state index contributed by atoms with van der Waals surface area (Å²) in [4.78, 5) is 11.4. The molecule has 1 aliphatic rings. The molecule has 2 rings (SSSR count). The van der Waals surface area contributed by atoms with Crippen molar-refractivity contribution in [1.82, 2.24) is 0 Å². The maximum absolute atomic E-state index is 10.8. The highest BCUT2D eigenvalue weighted by molar-refractivity contribution is 8.00. The number of thioether (sulfide) groups is 1. The van der Waals surface area contributed by atoms with Gasteiger partial charge < -0.3 is 5.11 Å². The lowest BCUT2D eigenvalue weighted by Crippen LogP contribution is -2.07. The highest BCUT2D eigenvalue weighted by Crippen LogP contribution is 2.35. The topological polar surface area (TPSA) is 63.4 Å². The van der Waals surface area contributed by atoms with Gasteiger partial charge in [-0.15, -0.1) is 11.8 Å². The maximum Gasteiger partial charge on any atom is 0.274 e. The Hall–Kier alpha value is -1.07. The number of benzene rings is 1. The van der Waals surface area contributed by atoms with E-state index in [4.69, 9.17) is 0 Å². The number of nitro groups is 1. The summed E-state index contributed by atoms with van der Waals surface area (Å²) < 4.78 is 0. The molecule has 0 atom stereocenters. The van der Waals surface area contributed by atoms with Crippen molar-refractivity contribution in [2.45, 2.75) is 48.9 Å². The van der Waals surface area contributed by atoms with Gasteiger partial charge in [0.15, 0.2) is 0 Å². The minimum Gasteiger partial charge on any atom is -0.391 e. The third kappa shape index (κ3) is 3.23. The summed E-state index contributed by atoms with van der Waals surface area (Å²) in [5.74, 6) is 0. The highest BCUT2D eigenvalue weighted by atomic mass is 32.2. The summed E-state index contributed by atoms with van der Waals surface area (Å²) in [6, 6.07) is 5.03. The zero-order chi connectivity index (χ0) is 13.0. The molecule has 0 radical (unpaired) electrons. The first-order chi connectivity index (χ1) is 8.70. The molecule has 0 aliphatic heterocycles. The van der Waals surface area contributed by atoms with Crippen molar-refractivity contribution in [2.75, 3.05) is 0 Å². The average Bonchev–Trinajstić information content (AvgIpc) is 2.39. The molecular formula is C13H17NO3S. The van der Waals surface area contributed by atoms with Crippen molar-refractivity contribution in [3.05, 3.63) is 33.9 Å². The van der Waals surface area contributed by atoms with Gasteiger partial charge in [0.2, 0.25) is 0 Å². The van der Waals surface area contributed by atoms with Crippen LogP contribution in [0.25, 0.3) is 0 Å². The van der Waals surface area contributed by atoms with E-state index >= 15 is 0 Å². The molecular weight excluding hydrogens is 250 g/mol. The molecule has 1 fully saturated rings. The van der Waals surface area contributed by atoms with E-state index in [2.05, 4.69) is 0 Å². The molecule has 0 spiro atoms. The molecule has 0 aromatic heterocycles. The Morgan fingerprint density at radius 2 is 2.06 bits per heavy atom. The van der Waals surface area contributed by atoms with E-state index in [1.807, 2.05) is 0 Å². The minimum absolute atomic E-state index is 0.00509. The molecule has 4 nitrogen and oxygen atoms in total. The summed E-state index contributed by atoms with van der Waals surface area (Å²) >= 11 is 1.78. The first-order valence-corrected chi connectivity index (χ1v) is 7.13. The van der Waals surface area contributed by atoms with Gasteiger partial charge in [0.1, 0.15) is 0 Å². The lowest BCUT2D eigenvalue weighted by Gasteiger charge is -2.21. The van der Waals surface area contributed by atoms with Gasteiger partial charge in [-0.25, -0.2) is 0 Å². The van der Waals surface area contributed by atoms with Crippen LogP contribution in [-0.4, -0.2) is 15.3 Å². The van der Waals surface area contributed by atoms with E-state index in [0.717, 1.165) is 4.90 Å². The molecule has 1 aromatic rings. The first-order valence-electron chi connectivity index (χ1n) is 6.25. The van der Waals surface area contributed by atoms with E-state index in [9.17, 15) is 15.2 Å². The molecule has 0 amide bonds. The van der Waals surface area contributed by atoms with Crippen LogP contribution < -0.4 is 0 Å². The predicted molar refractivity (Wildman–Crippen MR) is 71.7 cm³/mol. The van der Waals surface area contributed by atoms with Crippen LogP contribution in [0.2, 0.25) is 0 Å². The summed E-state index contributed by atoms with van der Waals surface area (Å²) in [7, 11) is 0. The summed E-state index contributed by atoms with van der Waals surface area (Å²) in [6.07, 6.45) is 6.31. The number of hydrogen-bond acceptors (Lipinski definition) is 4. The molecule has 0 heterocycles. The zero-order valence-electron chi connectivity index (χ0n) is 10.2. The smallest absolute Gasteiger partial charge is 0.274 e. The van der Waals surface area contributed by atoms with Gasteiger partial charge >= 0.3 is 0 Å². The summed E-state index contributed by atoms with van der Waals surface area (Å²) in [6.45, 7) is -0.282. The summed E-state index contributed by atoms with van der Waals surface area (Å²) in [5.41, 5.74) is 0.409.